The maximum atomic E-state index is 14.2. The van der Waals surface area contributed by atoms with Crippen LogP contribution < -0.4 is 5.43 Å². The van der Waals surface area contributed by atoms with Gasteiger partial charge in [0.25, 0.3) is 0 Å². The highest BCUT2D eigenvalue weighted by Gasteiger charge is 2.24. The van der Waals surface area contributed by atoms with Crippen LogP contribution >= 0.6 is 23.8 Å². The Labute approximate surface area is 179 Å². The molecule has 152 valence electrons. The average molecular weight is 445 g/mol. The number of rotatable bonds is 2. The molecule has 0 aliphatic carbocycles. The number of halogens is 3. The largest absolute Gasteiger partial charge is 0.343 e. The standard InChI is InChI=1S/C21H15ClF2N4OS/c1-10-2-3-11-6-12(23)7-14-18(11)27(10)9-15(19(14)29)20-25-26-21(30)28(20)13-4-5-17(24)16(22)8-13/h4-10H,2-3H2,1H3,(H,26,30). The van der Waals surface area contributed by atoms with Crippen molar-refractivity contribution in [2.45, 2.75) is 25.8 Å². The highest BCUT2D eigenvalue weighted by Crippen LogP contribution is 2.32. The number of H-pyrrole nitrogens is 1. The van der Waals surface area contributed by atoms with Crippen molar-refractivity contribution in [1.29, 1.82) is 0 Å². The number of aryl methyl sites for hydroxylation is 1. The Kier molecular flexibility index (Phi) is 4.37. The molecule has 1 aliphatic heterocycles. The van der Waals surface area contributed by atoms with Gasteiger partial charge < -0.3 is 4.57 Å². The van der Waals surface area contributed by atoms with Gasteiger partial charge in [0.05, 0.1) is 21.8 Å². The molecule has 0 saturated carbocycles. The number of aromatic amines is 1. The molecular weight excluding hydrogens is 430 g/mol. The van der Waals surface area contributed by atoms with E-state index in [1.807, 2.05) is 4.57 Å². The van der Waals surface area contributed by atoms with Crippen LogP contribution in [0.2, 0.25) is 5.02 Å². The first-order chi connectivity index (χ1) is 14.3. The highest BCUT2D eigenvalue weighted by atomic mass is 35.5. The van der Waals surface area contributed by atoms with E-state index in [4.69, 9.17) is 23.8 Å². The minimum atomic E-state index is -0.566. The Bertz CT molecular complexity index is 1460. The minimum Gasteiger partial charge on any atom is -0.343 e. The molecule has 2 aromatic heterocycles. The molecular formula is C21H15ClF2N4OS. The molecule has 1 unspecified atom stereocenters. The summed E-state index contributed by atoms with van der Waals surface area (Å²) in [7, 11) is 0. The molecule has 3 heterocycles. The zero-order chi connectivity index (χ0) is 21.2. The van der Waals surface area contributed by atoms with Crippen LogP contribution in [0.3, 0.4) is 0 Å². The predicted molar refractivity (Wildman–Crippen MR) is 114 cm³/mol. The van der Waals surface area contributed by atoms with Crippen LogP contribution in [0.5, 0.6) is 0 Å². The minimum absolute atomic E-state index is 0.0767. The second-order valence-electron chi connectivity index (χ2n) is 7.41. The Balaban J connectivity index is 1.84. The third-order valence-corrected chi connectivity index (χ3v) is 6.11. The predicted octanol–water partition coefficient (Wildman–Crippen LogP) is 5.35. The Morgan fingerprint density at radius 2 is 2.07 bits per heavy atom. The van der Waals surface area contributed by atoms with Gasteiger partial charge in [0.2, 0.25) is 5.43 Å². The summed E-state index contributed by atoms with van der Waals surface area (Å²) < 4.78 is 31.6. The zero-order valence-electron chi connectivity index (χ0n) is 15.7. The molecule has 5 rings (SSSR count). The van der Waals surface area contributed by atoms with Gasteiger partial charge in [-0.05, 0) is 67.9 Å². The fourth-order valence-electron chi connectivity index (χ4n) is 4.08. The van der Waals surface area contributed by atoms with Crippen LogP contribution in [0.4, 0.5) is 8.78 Å². The second-order valence-corrected chi connectivity index (χ2v) is 8.21. The molecule has 0 spiro atoms. The zero-order valence-corrected chi connectivity index (χ0v) is 17.3. The Morgan fingerprint density at radius 3 is 2.83 bits per heavy atom. The van der Waals surface area contributed by atoms with Crippen LogP contribution in [0.15, 0.2) is 41.3 Å². The highest BCUT2D eigenvalue weighted by molar-refractivity contribution is 7.71. The monoisotopic (exact) mass is 444 g/mol. The number of benzene rings is 2. The van der Waals surface area contributed by atoms with E-state index >= 15 is 0 Å². The van der Waals surface area contributed by atoms with Gasteiger partial charge in [0.15, 0.2) is 10.6 Å². The molecule has 30 heavy (non-hydrogen) atoms. The summed E-state index contributed by atoms with van der Waals surface area (Å²) in [6.07, 6.45) is 3.28. The first-order valence-electron chi connectivity index (χ1n) is 9.35. The SMILES string of the molecule is CC1CCc2cc(F)cc3c(=O)c(-c4n[nH]c(=S)n4-c4ccc(F)c(Cl)c4)cn1c23. The quantitative estimate of drug-likeness (QED) is 0.424. The normalized spacial score (nSPS) is 15.7. The third kappa shape index (κ3) is 2.82. The molecule has 2 aromatic carbocycles. The van der Waals surface area contributed by atoms with Gasteiger partial charge in [-0.3, -0.25) is 14.5 Å². The summed E-state index contributed by atoms with van der Waals surface area (Å²) in [6, 6.07) is 7.01. The molecule has 5 nitrogen and oxygen atoms in total. The van der Waals surface area contributed by atoms with Crippen molar-refractivity contribution in [2.75, 3.05) is 0 Å². The van der Waals surface area contributed by atoms with E-state index < -0.39 is 11.6 Å². The lowest BCUT2D eigenvalue weighted by molar-refractivity contribution is 0.498. The van der Waals surface area contributed by atoms with Gasteiger partial charge in [-0.1, -0.05) is 11.6 Å². The second kappa shape index (κ2) is 6.85. The van der Waals surface area contributed by atoms with Gasteiger partial charge in [0, 0.05) is 17.6 Å². The molecule has 1 atom stereocenters. The summed E-state index contributed by atoms with van der Waals surface area (Å²) in [4.78, 5) is 13.4. The summed E-state index contributed by atoms with van der Waals surface area (Å²) in [5.41, 5.74) is 1.94. The number of hydrogen-bond acceptors (Lipinski definition) is 3. The van der Waals surface area contributed by atoms with E-state index in [1.54, 1.807) is 6.20 Å². The number of aromatic nitrogens is 4. The van der Waals surface area contributed by atoms with Crippen LogP contribution in [0.25, 0.3) is 28.0 Å². The van der Waals surface area contributed by atoms with Crippen LogP contribution in [-0.4, -0.2) is 19.3 Å². The van der Waals surface area contributed by atoms with Gasteiger partial charge in [-0.2, -0.15) is 5.10 Å². The number of hydrogen-bond donors (Lipinski definition) is 1. The van der Waals surface area contributed by atoms with Gasteiger partial charge >= 0.3 is 0 Å². The van der Waals surface area contributed by atoms with Crippen molar-refractivity contribution in [3.05, 3.63) is 73.7 Å². The van der Waals surface area contributed by atoms with Crippen LogP contribution in [0, 0.1) is 16.4 Å². The molecule has 0 fully saturated rings. The smallest absolute Gasteiger partial charge is 0.200 e. The summed E-state index contributed by atoms with van der Waals surface area (Å²) in [6.45, 7) is 2.05. The topological polar surface area (TPSA) is 55.6 Å². The molecule has 1 N–H and O–H groups in total. The van der Waals surface area contributed by atoms with Crippen molar-refractivity contribution >= 4 is 34.7 Å². The third-order valence-electron chi connectivity index (χ3n) is 5.55. The van der Waals surface area contributed by atoms with Crippen molar-refractivity contribution in [3.63, 3.8) is 0 Å². The average Bonchev–Trinajstić information content (AvgIpc) is 3.09. The van der Waals surface area contributed by atoms with Crippen molar-refractivity contribution < 1.29 is 8.78 Å². The lowest BCUT2D eigenvalue weighted by Gasteiger charge is -2.26. The number of pyridine rings is 1. The Hall–Kier alpha value is -2.84. The van der Waals surface area contributed by atoms with E-state index in [1.165, 1.54) is 34.9 Å². The van der Waals surface area contributed by atoms with E-state index in [9.17, 15) is 13.6 Å². The first-order valence-corrected chi connectivity index (χ1v) is 10.1. The number of nitrogens with zero attached hydrogens (tertiary/aromatic N) is 3. The summed E-state index contributed by atoms with van der Waals surface area (Å²) in [5.74, 6) is -0.761. The fraction of sp³-hybridized carbons (Fsp3) is 0.190. The number of nitrogens with one attached hydrogen (secondary N) is 1. The van der Waals surface area contributed by atoms with Gasteiger partial charge in [0.1, 0.15) is 11.6 Å². The lowest BCUT2D eigenvalue weighted by Crippen LogP contribution is -2.21. The molecule has 0 bridgehead atoms. The first kappa shape index (κ1) is 19.1. The molecule has 4 aromatic rings. The van der Waals surface area contributed by atoms with Crippen molar-refractivity contribution in [2.24, 2.45) is 0 Å². The van der Waals surface area contributed by atoms with E-state index in [2.05, 4.69) is 17.1 Å². The molecule has 0 amide bonds. The summed E-state index contributed by atoms with van der Waals surface area (Å²) in [5, 5.41) is 7.15. The van der Waals surface area contributed by atoms with Crippen LogP contribution in [-0.2, 0) is 6.42 Å². The lowest BCUT2D eigenvalue weighted by atomic mass is 9.96. The Morgan fingerprint density at radius 1 is 1.27 bits per heavy atom. The fourth-order valence-corrected chi connectivity index (χ4v) is 4.50. The van der Waals surface area contributed by atoms with Gasteiger partial charge in [-0.15, -0.1) is 0 Å². The van der Waals surface area contributed by atoms with Crippen molar-refractivity contribution in [3.8, 4) is 17.1 Å². The molecule has 0 saturated heterocycles. The molecule has 0 radical (unpaired) electrons. The van der Waals surface area contributed by atoms with Crippen LogP contribution in [0.1, 0.15) is 24.9 Å². The van der Waals surface area contributed by atoms with Crippen molar-refractivity contribution in [1.82, 2.24) is 19.3 Å². The van der Waals surface area contributed by atoms with E-state index in [0.29, 0.717) is 17.5 Å². The van der Waals surface area contributed by atoms with Gasteiger partial charge in [-0.25, -0.2) is 8.78 Å². The molecule has 9 heteroatoms. The van der Waals surface area contributed by atoms with E-state index in [-0.39, 0.29) is 32.7 Å². The van der Waals surface area contributed by atoms with E-state index in [0.717, 1.165) is 17.5 Å². The maximum Gasteiger partial charge on any atom is 0.200 e. The maximum absolute atomic E-state index is 14.2. The summed E-state index contributed by atoms with van der Waals surface area (Å²) >= 11 is 11.3. The molecule has 1 aliphatic rings.